The SMILES string of the molecule is CCCCCCCOc1cc(C=C2SC(=NS(=O)(=O)c3ccc(CC)cc3)N(CC)C2=O)ccc1OC. The number of benzene rings is 2. The zero-order valence-corrected chi connectivity index (χ0v) is 23.7. The van der Waals surface area contributed by atoms with Crippen LogP contribution in [-0.4, -0.2) is 44.7 Å². The minimum Gasteiger partial charge on any atom is -0.493 e. The molecule has 0 spiro atoms. The maximum atomic E-state index is 13.1. The van der Waals surface area contributed by atoms with Crippen LogP contribution >= 0.6 is 11.8 Å². The average molecular weight is 545 g/mol. The van der Waals surface area contributed by atoms with Crippen molar-refractivity contribution < 1.29 is 22.7 Å². The second-order valence-corrected chi connectivity index (χ2v) is 11.3. The minimum absolute atomic E-state index is 0.102. The lowest BCUT2D eigenvalue weighted by atomic mass is 10.1. The third kappa shape index (κ3) is 7.61. The van der Waals surface area contributed by atoms with Crippen molar-refractivity contribution in [1.29, 1.82) is 0 Å². The molecule has 1 heterocycles. The lowest BCUT2D eigenvalue weighted by Crippen LogP contribution is -2.29. The molecule has 1 fully saturated rings. The number of hydrogen-bond donors (Lipinski definition) is 0. The van der Waals surface area contributed by atoms with Crippen molar-refractivity contribution in [3.05, 3.63) is 58.5 Å². The monoisotopic (exact) mass is 544 g/mol. The number of thioether (sulfide) groups is 1. The van der Waals surface area contributed by atoms with Gasteiger partial charge in [-0.2, -0.15) is 8.42 Å². The molecular weight excluding hydrogens is 508 g/mol. The number of likely N-dealkylation sites (N-methyl/N-ethyl adjacent to an activating group) is 1. The fourth-order valence-electron chi connectivity index (χ4n) is 3.84. The Bertz CT molecular complexity index is 1240. The van der Waals surface area contributed by atoms with Gasteiger partial charge in [-0.25, -0.2) is 0 Å². The molecule has 0 saturated carbocycles. The van der Waals surface area contributed by atoms with Crippen LogP contribution in [0.3, 0.4) is 0 Å². The Balaban J connectivity index is 1.80. The topological polar surface area (TPSA) is 85.3 Å². The van der Waals surface area contributed by atoms with Crippen LogP contribution in [0.4, 0.5) is 0 Å². The number of unbranched alkanes of at least 4 members (excludes halogenated alkanes) is 4. The Morgan fingerprint density at radius 2 is 1.70 bits per heavy atom. The molecule has 9 heteroatoms. The zero-order valence-electron chi connectivity index (χ0n) is 22.0. The van der Waals surface area contributed by atoms with E-state index in [2.05, 4.69) is 11.3 Å². The van der Waals surface area contributed by atoms with E-state index >= 15 is 0 Å². The van der Waals surface area contributed by atoms with Gasteiger partial charge in [-0.15, -0.1) is 4.40 Å². The van der Waals surface area contributed by atoms with Crippen LogP contribution in [0.1, 0.15) is 64.0 Å². The minimum atomic E-state index is -3.96. The van der Waals surface area contributed by atoms with E-state index in [9.17, 15) is 13.2 Å². The van der Waals surface area contributed by atoms with E-state index in [4.69, 9.17) is 9.47 Å². The highest BCUT2D eigenvalue weighted by atomic mass is 32.2. The third-order valence-electron chi connectivity index (χ3n) is 6.02. The van der Waals surface area contributed by atoms with Crippen LogP contribution in [0.15, 0.2) is 56.7 Å². The molecule has 0 aromatic heterocycles. The van der Waals surface area contributed by atoms with Gasteiger partial charge in [0.1, 0.15) is 0 Å². The van der Waals surface area contributed by atoms with E-state index in [-0.39, 0.29) is 16.0 Å². The van der Waals surface area contributed by atoms with E-state index in [0.29, 0.717) is 29.6 Å². The van der Waals surface area contributed by atoms with Gasteiger partial charge in [0.2, 0.25) is 0 Å². The molecule has 1 amide bonds. The van der Waals surface area contributed by atoms with Crippen molar-refractivity contribution in [2.75, 3.05) is 20.3 Å². The van der Waals surface area contributed by atoms with Crippen LogP contribution in [0.25, 0.3) is 6.08 Å². The summed E-state index contributed by atoms with van der Waals surface area (Å²) < 4.78 is 41.3. The van der Waals surface area contributed by atoms with E-state index in [1.165, 1.54) is 24.2 Å². The van der Waals surface area contributed by atoms with Gasteiger partial charge >= 0.3 is 0 Å². The molecule has 3 rings (SSSR count). The molecular formula is C28H36N2O5S2. The first-order valence-corrected chi connectivity index (χ1v) is 15.0. The van der Waals surface area contributed by atoms with Gasteiger partial charge in [-0.05, 0) is 73.0 Å². The largest absolute Gasteiger partial charge is 0.493 e. The number of rotatable bonds is 13. The normalized spacial score (nSPS) is 16.1. The predicted molar refractivity (Wildman–Crippen MR) is 151 cm³/mol. The maximum absolute atomic E-state index is 13.1. The van der Waals surface area contributed by atoms with Crippen molar-refractivity contribution >= 4 is 38.9 Å². The van der Waals surface area contributed by atoms with Gasteiger partial charge in [0.25, 0.3) is 15.9 Å². The van der Waals surface area contributed by atoms with Gasteiger partial charge in [0, 0.05) is 6.54 Å². The standard InChI is InChI=1S/C28H36N2O5S2/c1-5-8-9-10-11-18-35-25-19-22(14-17-24(25)34-4)20-26-27(31)30(7-3)28(36-26)29-37(32,33)23-15-12-21(6-2)13-16-23/h12-17,19-20H,5-11,18H2,1-4H3. The van der Waals surface area contributed by atoms with E-state index < -0.39 is 10.0 Å². The summed E-state index contributed by atoms with van der Waals surface area (Å²) in [5.41, 5.74) is 1.80. The summed E-state index contributed by atoms with van der Waals surface area (Å²) in [7, 11) is -2.36. The molecule has 0 radical (unpaired) electrons. The first kappa shape index (κ1) is 28.8. The molecule has 1 aliphatic rings. The molecule has 0 unspecified atom stereocenters. The second-order valence-electron chi connectivity index (χ2n) is 8.68. The van der Waals surface area contributed by atoms with Crippen LogP contribution < -0.4 is 9.47 Å². The molecule has 2 aromatic rings. The Labute approximate surface area is 225 Å². The molecule has 200 valence electrons. The third-order valence-corrected chi connectivity index (χ3v) is 8.43. The van der Waals surface area contributed by atoms with Crippen molar-refractivity contribution in [2.45, 2.75) is 64.2 Å². The van der Waals surface area contributed by atoms with Crippen LogP contribution in [-0.2, 0) is 21.2 Å². The first-order valence-electron chi connectivity index (χ1n) is 12.8. The number of carbonyl (C=O) groups excluding carboxylic acids is 1. The Morgan fingerprint density at radius 3 is 2.35 bits per heavy atom. The predicted octanol–water partition coefficient (Wildman–Crippen LogP) is 6.29. The van der Waals surface area contributed by atoms with E-state index in [1.54, 1.807) is 50.4 Å². The van der Waals surface area contributed by atoms with Crippen LogP contribution in [0, 0.1) is 0 Å². The highest BCUT2D eigenvalue weighted by Gasteiger charge is 2.34. The fourth-order valence-corrected chi connectivity index (χ4v) is 6.09. The van der Waals surface area contributed by atoms with E-state index in [0.717, 1.165) is 42.2 Å². The molecule has 0 aliphatic carbocycles. The molecule has 37 heavy (non-hydrogen) atoms. The molecule has 0 atom stereocenters. The maximum Gasteiger partial charge on any atom is 0.284 e. The fraction of sp³-hybridized carbons (Fsp3) is 0.429. The number of sulfonamides is 1. The van der Waals surface area contributed by atoms with Gasteiger partial charge < -0.3 is 9.47 Å². The number of amidine groups is 1. The molecule has 0 N–H and O–H groups in total. The highest BCUT2D eigenvalue weighted by Crippen LogP contribution is 2.35. The molecule has 1 aliphatic heterocycles. The number of hydrogen-bond acceptors (Lipinski definition) is 6. The summed E-state index contributed by atoms with van der Waals surface area (Å²) in [6.07, 6.45) is 8.24. The lowest BCUT2D eigenvalue weighted by molar-refractivity contribution is -0.122. The molecule has 2 aromatic carbocycles. The summed E-state index contributed by atoms with van der Waals surface area (Å²) in [4.78, 5) is 14.9. The number of nitrogens with zero attached hydrogens (tertiary/aromatic N) is 2. The average Bonchev–Trinajstić information content (AvgIpc) is 3.18. The molecule has 0 bridgehead atoms. The van der Waals surface area contributed by atoms with Crippen LogP contribution in [0.5, 0.6) is 11.5 Å². The van der Waals surface area contributed by atoms with Gasteiger partial charge in [-0.3, -0.25) is 9.69 Å². The van der Waals surface area contributed by atoms with Crippen molar-refractivity contribution in [2.24, 2.45) is 4.40 Å². The van der Waals surface area contributed by atoms with Gasteiger partial charge in [0.15, 0.2) is 16.7 Å². The first-order chi connectivity index (χ1) is 17.8. The van der Waals surface area contributed by atoms with Gasteiger partial charge in [0.05, 0.1) is 23.5 Å². The number of carbonyl (C=O) groups is 1. The van der Waals surface area contributed by atoms with Crippen molar-refractivity contribution in [3.8, 4) is 11.5 Å². The number of aryl methyl sites for hydroxylation is 1. The quantitative estimate of drug-likeness (QED) is 0.218. The summed E-state index contributed by atoms with van der Waals surface area (Å²) in [5, 5.41) is 0.149. The lowest BCUT2D eigenvalue weighted by Gasteiger charge is -2.12. The summed E-state index contributed by atoms with van der Waals surface area (Å²) in [5.74, 6) is 0.956. The smallest absolute Gasteiger partial charge is 0.284 e. The van der Waals surface area contributed by atoms with Crippen LogP contribution in [0.2, 0.25) is 0 Å². The second kappa shape index (κ2) is 13.7. The van der Waals surface area contributed by atoms with E-state index in [1.807, 2.05) is 19.1 Å². The Morgan fingerprint density at radius 1 is 0.973 bits per heavy atom. The summed E-state index contributed by atoms with van der Waals surface area (Å²) >= 11 is 1.06. The van der Waals surface area contributed by atoms with Gasteiger partial charge in [-0.1, -0.05) is 57.7 Å². The number of methoxy groups -OCH3 is 1. The molecule has 7 nitrogen and oxygen atoms in total. The Kier molecular flexibility index (Phi) is 10.6. The number of ether oxygens (including phenoxy) is 2. The van der Waals surface area contributed by atoms with Crippen molar-refractivity contribution in [1.82, 2.24) is 4.90 Å². The van der Waals surface area contributed by atoms with Crippen molar-refractivity contribution in [3.63, 3.8) is 0 Å². The summed E-state index contributed by atoms with van der Waals surface area (Å²) in [6.45, 7) is 6.88. The Hall–Kier alpha value is -2.78. The summed E-state index contributed by atoms with van der Waals surface area (Å²) in [6, 6.07) is 12.1. The molecule has 1 saturated heterocycles. The number of amides is 1. The zero-order chi connectivity index (χ0) is 26.8. The highest BCUT2D eigenvalue weighted by molar-refractivity contribution is 8.19.